The fraction of sp³-hybridized carbons (Fsp3) is 0.381. The van der Waals surface area contributed by atoms with Crippen LogP contribution in [0.15, 0.2) is 48.1 Å². The van der Waals surface area contributed by atoms with Crippen LogP contribution in [0.25, 0.3) is 0 Å². The predicted octanol–water partition coefficient (Wildman–Crippen LogP) is 1.36. The van der Waals surface area contributed by atoms with E-state index in [0.29, 0.717) is 18.5 Å². The molecular formula is C21H26N6O4. The molecule has 5 N–H and O–H groups in total. The number of nitrogens with two attached hydrogens (primary N) is 1. The lowest BCUT2D eigenvalue weighted by atomic mass is 9.78. The zero-order valence-corrected chi connectivity index (χ0v) is 17.0. The quantitative estimate of drug-likeness (QED) is 0.284. The molecule has 0 aliphatic heterocycles. The molecule has 0 bridgehead atoms. The number of hydrazone groups is 1. The number of nitrogens with one attached hydrogen (secondary N) is 2. The van der Waals surface area contributed by atoms with Crippen molar-refractivity contribution in [1.82, 2.24) is 14.9 Å². The number of carboxylic acids is 1. The first kappa shape index (κ1) is 22.0. The highest BCUT2D eigenvalue weighted by atomic mass is 16.4. The maximum atomic E-state index is 12.9. The Bertz CT molecular complexity index is 926. The van der Waals surface area contributed by atoms with Gasteiger partial charge in [0.2, 0.25) is 11.8 Å². The van der Waals surface area contributed by atoms with Crippen molar-refractivity contribution in [3.8, 4) is 0 Å². The number of carboxylic acid groups (broad SMARTS) is 1. The molecule has 0 saturated heterocycles. The van der Waals surface area contributed by atoms with Crippen LogP contribution in [0.5, 0.6) is 0 Å². The Hall–Kier alpha value is -3.69. The van der Waals surface area contributed by atoms with Gasteiger partial charge in [0.15, 0.2) is 0 Å². The summed E-state index contributed by atoms with van der Waals surface area (Å²) in [7, 11) is 0. The van der Waals surface area contributed by atoms with Gasteiger partial charge in [-0.05, 0) is 30.5 Å². The maximum Gasteiger partial charge on any atom is 0.328 e. The highest BCUT2D eigenvalue weighted by molar-refractivity contribution is 5.96. The number of nitrogens with zero attached hydrogens (tertiary/aromatic N) is 3. The molecule has 1 heterocycles. The molecule has 1 aromatic carbocycles. The second-order valence-corrected chi connectivity index (χ2v) is 7.50. The molecule has 3 atom stereocenters. The number of hydrogen-bond donors (Lipinski definition) is 4. The van der Waals surface area contributed by atoms with E-state index in [1.165, 1.54) is 29.5 Å². The molecule has 2 amide bonds. The molecular weight excluding hydrogens is 400 g/mol. The van der Waals surface area contributed by atoms with E-state index < -0.39 is 23.8 Å². The Morgan fingerprint density at radius 3 is 2.45 bits per heavy atom. The predicted molar refractivity (Wildman–Crippen MR) is 114 cm³/mol. The van der Waals surface area contributed by atoms with Crippen molar-refractivity contribution in [2.75, 3.05) is 11.9 Å². The number of carbonyl (C=O) groups excluding carboxylic acids is 2. The fourth-order valence-corrected chi connectivity index (χ4v) is 3.83. The van der Waals surface area contributed by atoms with E-state index in [0.717, 1.165) is 18.4 Å². The van der Waals surface area contributed by atoms with Crippen LogP contribution in [0.4, 0.5) is 5.69 Å². The first-order valence-electron chi connectivity index (χ1n) is 10.1. The van der Waals surface area contributed by atoms with E-state index in [1.807, 2.05) is 0 Å². The molecule has 1 aliphatic rings. The van der Waals surface area contributed by atoms with Crippen molar-refractivity contribution in [3.05, 3.63) is 48.5 Å². The normalized spacial score (nSPS) is 19.6. The van der Waals surface area contributed by atoms with Crippen LogP contribution in [0.1, 0.15) is 37.3 Å². The van der Waals surface area contributed by atoms with E-state index in [1.54, 1.807) is 24.3 Å². The van der Waals surface area contributed by atoms with Gasteiger partial charge in [0.05, 0.1) is 12.5 Å². The SMILES string of the molecule is NN=Cc1ccc(NC(=O)C2CCCCC2C(=O)NCC(C(=O)O)n2ccnc2)cc1. The topological polar surface area (TPSA) is 152 Å². The molecule has 31 heavy (non-hydrogen) atoms. The summed E-state index contributed by atoms with van der Waals surface area (Å²) in [6.07, 6.45) is 8.80. The molecule has 1 aliphatic carbocycles. The van der Waals surface area contributed by atoms with Crippen molar-refractivity contribution in [1.29, 1.82) is 0 Å². The Morgan fingerprint density at radius 2 is 1.87 bits per heavy atom. The number of imidazole rings is 1. The average Bonchev–Trinajstić information content (AvgIpc) is 3.29. The third-order valence-electron chi connectivity index (χ3n) is 5.48. The van der Waals surface area contributed by atoms with Crippen molar-refractivity contribution in [2.24, 2.45) is 22.8 Å². The lowest BCUT2D eigenvalue weighted by Crippen LogP contribution is -2.43. The Balaban J connectivity index is 1.62. The molecule has 10 nitrogen and oxygen atoms in total. The number of carbonyl (C=O) groups is 3. The van der Waals surface area contributed by atoms with Crippen molar-refractivity contribution in [3.63, 3.8) is 0 Å². The number of aliphatic carboxylic acids is 1. The molecule has 2 aromatic rings. The lowest BCUT2D eigenvalue weighted by molar-refractivity contribution is -0.141. The molecule has 164 valence electrons. The summed E-state index contributed by atoms with van der Waals surface area (Å²) in [4.78, 5) is 41.1. The number of hydrogen-bond acceptors (Lipinski definition) is 6. The smallest absolute Gasteiger partial charge is 0.328 e. The highest BCUT2D eigenvalue weighted by Crippen LogP contribution is 2.31. The summed E-state index contributed by atoms with van der Waals surface area (Å²) < 4.78 is 1.42. The van der Waals surface area contributed by atoms with Crippen LogP contribution >= 0.6 is 0 Å². The molecule has 3 unspecified atom stereocenters. The van der Waals surface area contributed by atoms with Gasteiger partial charge in [-0.1, -0.05) is 25.0 Å². The van der Waals surface area contributed by atoms with Gasteiger partial charge >= 0.3 is 5.97 Å². The minimum absolute atomic E-state index is 0.0838. The second kappa shape index (κ2) is 10.4. The third kappa shape index (κ3) is 5.68. The highest BCUT2D eigenvalue weighted by Gasteiger charge is 2.36. The number of aromatic nitrogens is 2. The average molecular weight is 426 g/mol. The van der Waals surface area contributed by atoms with Gasteiger partial charge in [0.25, 0.3) is 0 Å². The third-order valence-corrected chi connectivity index (χ3v) is 5.48. The number of amides is 2. The molecule has 1 fully saturated rings. The summed E-state index contributed by atoms with van der Waals surface area (Å²) in [6, 6.07) is 6.08. The number of rotatable bonds is 8. The van der Waals surface area contributed by atoms with E-state index in [9.17, 15) is 19.5 Å². The van der Waals surface area contributed by atoms with Gasteiger partial charge in [-0.2, -0.15) is 5.10 Å². The van der Waals surface area contributed by atoms with E-state index in [-0.39, 0.29) is 18.4 Å². The van der Waals surface area contributed by atoms with Gasteiger partial charge < -0.3 is 26.1 Å². The van der Waals surface area contributed by atoms with Gasteiger partial charge in [0.1, 0.15) is 6.04 Å². The summed E-state index contributed by atoms with van der Waals surface area (Å²) >= 11 is 0. The Kier molecular flexibility index (Phi) is 7.36. The Morgan fingerprint density at radius 1 is 1.19 bits per heavy atom. The van der Waals surface area contributed by atoms with Crippen LogP contribution in [0, 0.1) is 11.8 Å². The monoisotopic (exact) mass is 426 g/mol. The molecule has 1 saturated carbocycles. The zero-order chi connectivity index (χ0) is 22.2. The van der Waals surface area contributed by atoms with Crippen LogP contribution < -0.4 is 16.5 Å². The van der Waals surface area contributed by atoms with E-state index in [2.05, 4.69) is 20.7 Å². The number of benzene rings is 1. The van der Waals surface area contributed by atoms with Crippen LogP contribution in [-0.4, -0.2) is 45.2 Å². The molecule has 10 heteroatoms. The van der Waals surface area contributed by atoms with Gasteiger partial charge in [-0.15, -0.1) is 0 Å². The largest absolute Gasteiger partial charge is 0.480 e. The molecule has 1 aromatic heterocycles. The summed E-state index contributed by atoms with van der Waals surface area (Å²) in [6.45, 7) is -0.0838. The fourth-order valence-electron chi connectivity index (χ4n) is 3.83. The second-order valence-electron chi connectivity index (χ2n) is 7.50. The molecule has 3 rings (SSSR count). The minimum atomic E-state index is -1.07. The first-order valence-corrected chi connectivity index (χ1v) is 10.1. The molecule has 0 spiro atoms. The standard InChI is InChI=1S/C21H26N6O4/c22-25-11-14-5-7-15(8-6-14)26-20(29)17-4-2-1-3-16(17)19(28)24-12-18(21(30)31)27-10-9-23-13-27/h5-11,13,16-18H,1-4,12,22H2,(H,24,28)(H,26,29)(H,30,31). The van der Waals surface area contributed by atoms with Crippen LogP contribution in [-0.2, 0) is 14.4 Å². The lowest BCUT2D eigenvalue weighted by Gasteiger charge is -2.30. The Labute approximate surface area is 179 Å². The van der Waals surface area contributed by atoms with Gasteiger partial charge in [-0.3, -0.25) is 9.59 Å². The van der Waals surface area contributed by atoms with E-state index >= 15 is 0 Å². The van der Waals surface area contributed by atoms with Crippen molar-refractivity contribution >= 4 is 29.7 Å². The zero-order valence-electron chi connectivity index (χ0n) is 17.0. The van der Waals surface area contributed by atoms with Crippen molar-refractivity contribution in [2.45, 2.75) is 31.7 Å². The minimum Gasteiger partial charge on any atom is -0.480 e. The summed E-state index contributed by atoms with van der Waals surface area (Å²) in [5.74, 6) is 2.56. The molecule has 0 radical (unpaired) electrons. The van der Waals surface area contributed by atoms with Crippen LogP contribution in [0.2, 0.25) is 0 Å². The van der Waals surface area contributed by atoms with Crippen molar-refractivity contribution < 1.29 is 19.5 Å². The number of anilines is 1. The van der Waals surface area contributed by atoms with E-state index in [4.69, 9.17) is 5.84 Å². The summed E-state index contributed by atoms with van der Waals surface area (Å²) in [5.41, 5.74) is 1.43. The van der Waals surface area contributed by atoms with Gasteiger partial charge in [0, 0.05) is 36.5 Å². The van der Waals surface area contributed by atoms with Crippen LogP contribution in [0.3, 0.4) is 0 Å². The first-order chi connectivity index (χ1) is 15.0. The maximum absolute atomic E-state index is 12.9. The summed E-state index contributed by atoms with van der Waals surface area (Å²) in [5, 5.41) is 18.5. The van der Waals surface area contributed by atoms with Gasteiger partial charge in [-0.25, -0.2) is 9.78 Å².